The molecule has 0 bridgehead atoms. The fraction of sp³-hybridized carbons (Fsp3) is 0.189. The van der Waals surface area contributed by atoms with Crippen LogP contribution < -0.4 is 5.32 Å². The first-order valence-corrected chi connectivity index (χ1v) is 15.4. The Morgan fingerprint density at radius 3 is 2.07 bits per heavy atom. The third kappa shape index (κ3) is 7.99. The number of thioether (sulfide) groups is 1. The van der Waals surface area contributed by atoms with Crippen LogP contribution in [-0.4, -0.2) is 33.5 Å². The van der Waals surface area contributed by atoms with Gasteiger partial charge in [0.15, 0.2) is 5.17 Å². The summed E-state index contributed by atoms with van der Waals surface area (Å²) in [5.41, 5.74) is 4.17. The van der Waals surface area contributed by atoms with E-state index in [0.29, 0.717) is 5.70 Å². The Balaban J connectivity index is 1.61. The highest BCUT2D eigenvalue weighted by molar-refractivity contribution is 8.14. The van der Waals surface area contributed by atoms with E-state index in [2.05, 4.69) is 37.7 Å². The van der Waals surface area contributed by atoms with Gasteiger partial charge >= 0.3 is 0 Å². The third-order valence-electron chi connectivity index (χ3n) is 7.00. The largest absolute Gasteiger partial charge is 0.344 e. The van der Waals surface area contributed by atoms with Gasteiger partial charge in [-0.2, -0.15) is 4.99 Å². The van der Waals surface area contributed by atoms with Crippen molar-refractivity contribution in [2.45, 2.75) is 39.2 Å². The lowest BCUT2D eigenvalue weighted by Crippen LogP contribution is -2.42. The van der Waals surface area contributed by atoms with Gasteiger partial charge in [0.1, 0.15) is 5.57 Å². The molecule has 3 aromatic carbocycles. The van der Waals surface area contributed by atoms with Crippen LogP contribution in [0, 0.1) is 0 Å². The van der Waals surface area contributed by atoms with E-state index in [1.807, 2.05) is 84.9 Å². The number of benzene rings is 3. The molecule has 1 aliphatic heterocycles. The lowest BCUT2D eigenvalue weighted by Gasteiger charge is -2.28. The molecule has 3 aromatic rings. The molecule has 7 heteroatoms. The number of rotatable bonds is 9. The summed E-state index contributed by atoms with van der Waals surface area (Å²) in [7, 11) is 0. The van der Waals surface area contributed by atoms with E-state index in [9.17, 15) is 14.4 Å². The Morgan fingerprint density at radius 2 is 1.55 bits per heavy atom. The molecule has 3 amide bonds. The molecule has 0 atom stereocenters. The van der Waals surface area contributed by atoms with Crippen molar-refractivity contribution in [1.82, 2.24) is 10.2 Å². The number of aliphatic imine (C=N–C) groups is 1. The Morgan fingerprint density at radius 1 is 0.955 bits per heavy atom. The number of amides is 3. The summed E-state index contributed by atoms with van der Waals surface area (Å²) in [6, 6.07) is 26.8. The smallest absolute Gasteiger partial charge is 0.285 e. The molecule has 4 rings (SSSR count). The van der Waals surface area contributed by atoms with Crippen molar-refractivity contribution in [1.29, 1.82) is 0 Å². The maximum absolute atomic E-state index is 13.9. The van der Waals surface area contributed by atoms with Crippen molar-refractivity contribution < 1.29 is 14.4 Å². The average molecular weight is 604 g/mol. The van der Waals surface area contributed by atoms with Crippen LogP contribution in [0.4, 0.5) is 0 Å². The average Bonchev–Trinajstić information content (AvgIpc) is 3.02. The summed E-state index contributed by atoms with van der Waals surface area (Å²) in [5.74, 6) is -1.48. The van der Waals surface area contributed by atoms with Gasteiger partial charge in [-0.25, -0.2) is 0 Å². The fourth-order valence-corrected chi connectivity index (χ4v) is 5.45. The molecule has 0 saturated heterocycles. The molecule has 0 spiro atoms. The van der Waals surface area contributed by atoms with Crippen LogP contribution in [0.5, 0.6) is 0 Å². The molecule has 224 valence electrons. The minimum Gasteiger partial charge on any atom is -0.344 e. The minimum absolute atomic E-state index is 0.0256. The first-order chi connectivity index (χ1) is 21.1. The molecule has 44 heavy (non-hydrogen) atoms. The Kier molecular flexibility index (Phi) is 10.7. The van der Waals surface area contributed by atoms with Crippen LogP contribution in [-0.2, 0) is 19.8 Å². The van der Waals surface area contributed by atoms with Crippen molar-refractivity contribution >= 4 is 40.7 Å². The van der Waals surface area contributed by atoms with Crippen LogP contribution >= 0.6 is 11.8 Å². The highest BCUT2D eigenvalue weighted by Gasteiger charge is 2.35. The SMILES string of the molecule is C=C/C=C\C(=C/C)N1C(=O)/C(=C/c2ccc(C(C)(C)C)cc2)C(=O)N=C1SCC(=O)NC(c1ccccc1)c1ccccc1. The number of hydrogen-bond acceptors (Lipinski definition) is 4. The number of carbonyl (C=O) groups is 3. The second kappa shape index (κ2) is 14.6. The normalized spacial score (nSPS) is 15.2. The van der Waals surface area contributed by atoms with Crippen molar-refractivity contribution in [3.8, 4) is 0 Å². The van der Waals surface area contributed by atoms with Crippen LogP contribution in [0.25, 0.3) is 6.08 Å². The third-order valence-corrected chi connectivity index (χ3v) is 7.94. The predicted molar refractivity (Wildman–Crippen MR) is 181 cm³/mol. The fourth-order valence-electron chi connectivity index (χ4n) is 4.64. The monoisotopic (exact) mass is 603 g/mol. The summed E-state index contributed by atoms with van der Waals surface area (Å²) < 4.78 is 0. The summed E-state index contributed by atoms with van der Waals surface area (Å²) in [6.07, 6.45) is 8.33. The van der Waals surface area contributed by atoms with Crippen LogP contribution in [0.15, 0.2) is 132 Å². The maximum Gasteiger partial charge on any atom is 0.285 e. The Bertz CT molecular complexity index is 1590. The number of nitrogens with one attached hydrogen (secondary N) is 1. The molecular formula is C37H37N3O3S. The van der Waals surface area contributed by atoms with Crippen LogP contribution in [0.3, 0.4) is 0 Å². The van der Waals surface area contributed by atoms with Gasteiger partial charge in [-0.3, -0.25) is 19.3 Å². The molecule has 1 heterocycles. The van der Waals surface area contributed by atoms with Gasteiger partial charge in [0.05, 0.1) is 11.8 Å². The van der Waals surface area contributed by atoms with E-state index in [4.69, 9.17) is 0 Å². The van der Waals surface area contributed by atoms with E-state index in [0.717, 1.165) is 34.0 Å². The number of allylic oxidation sites excluding steroid dienone is 4. The number of nitrogens with zero attached hydrogens (tertiary/aromatic N) is 2. The molecule has 0 saturated carbocycles. The second-order valence-corrected chi connectivity index (χ2v) is 12.1. The molecule has 0 aromatic heterocycles. The van der Waals surface area contributed by atoms with E-state index in [-0.39, 0.29) is 33.9 Å². The van der Waals surface area contributed by atoms with Gasteiger partial charge in [-0.05, 0) is 46.7 Å². The van der Waals surface area contributed by atoms with Gasteiger partial charge in [-0.1, -0.05) is 142 Å². The topological polar surface area (TPSA) is 78.8 Å². The lowest BCUT2D eigenvalue weighted by molar-refractivity contribution is -0.126. The Labute approximate surface area is 264 Å². The summed E-state index contributed by atoms with van der Waals surface area (Å²) in [4.78, 5) is 46.1. The highest BCUT2D eigenvalue weighted by Crippen LogP contribution is 2.28. The first kappa shape index (κ1) is 32.2. The molecule has 1 N–H and O–H groups in total. The van der Waals surface area contributed by atoms with Gasteiger partial charge in [0.25, 0.3) is 11.8 Å². The predicted octanol–water partition coefficient (Wildman–Crippen LogP) is 7.38. The minimum atomic E-state index is -0.649. The maximum atomic E-state index is 13.9. The van der Waals surface area contributed by atoms with E-state index >= 15 is 0 Å². The summed E-state index contributed by atoms with van der Waals surface area (Å²) in [5, 5.41) is 3.24. The van der Waals surface area contributed by atoms with E-state index < -0.39 is 11.8 Å². The number of amidine groups is 1. The first-order valence-electron chi connectivity index (χ1n) is 14.4. The standard InChI is InChI=1S/C37H37N3O3S/c1-6-8-19-30(7-2)40-35(43)31(24-26-20-22-29(23-21-26)37(3,4)5)34(42)39-36(40)44-25-32(41)38-33(27-15-11-9-12-16-27)28-17-13-10-14-18-28/h6-24,33H,1,25H2,2-5H3,(H,38,41)/b19-8-,30-7+,31-24+. The van der Waals surface area contributed by atoms with E-state index in [1.54, 1.807) is 37.3 Å². The molecule has 0 radical (unpaired) electrons. The zero-order chi connectivity index (χ0) is 31.7. The molecular weight excluding hydrogens is 566 g/mol. The van der Waals surface area contributed by atoms with Crippen LogP contribution in [0.1, 0.15) is 56.0 Å². The van der Waals surface area contributed by atoms with Gasteiger partial charge < -0.3 is 5.32 Å². The zero-order valence-electron chi connectivity index (χ0n) is 25.5. The number of hydrogen-bond donors (Lipinski definition) is 1. The van der Waals surface area contributed by atoms with Crippen LogP contribution in [0.2, 0.25) is 0 Å². The lowest BCUT2D eigenvalue weighted by atomic mass is 9.86. The van der Waals surface area contributed by atoms with Gasteiger partial charge in [0.2, 0.25) is 5.91 Å². The quantitative estimate of drug-likeness (QED) is 0.157. The van der Waals surface area contributed by atoms with Crippen molar-refractivity contribution in [3.05, 3.63) is 149 Å². The van der Waals surface area contributed by atoms with Crippen molar-refractivity contribution in [2.75, 3.05) is 5.75 Å². The molecule has 1 aliphatic rings. The van der Waals surface area contributed by atoms with Crippen molar-refractivity contribution in [2.24, 2.45) is 4.99 Å². The highest BCUT2D eigenvalue weighted by atomic mass is 32.2. The molecule has 0 fully saturated rings. The molecule has 0 aliphatic carbocycles. The molecule has 6 nitrogen and oxygen atoms in total. The molecule has 0 unspecified atom stereocenters. The Hall–Kier alpha value is -4.75. The summed E-state index contributed by atoms with van der Waals surface area (Å²) >= 11 is 1.04. The zero-order valence-corrected chi connectivity index (χ0v) is 26.3. The number of carbonyl (C=O) groups excluding carboxylic acids is 3. The van der Waals surface area contributed by atoms with Gasteiger partial charge in [0, 0.05) is 5.70 Å². The van der Waals surface area contributed by atoms with E-state index in [1.165, 1.54) is 4.90 Å². The second-order valence-electron chi connectivity index (χ2n) is 11.2. The van der Waals surface area contributed by atoms with Gasteiger partial charge in [-0.15, -0.1) is 0 Å². The van der Waals surface area contributed by atoms with Crippen molar-refractivity contribution in [3.63, 3.8) is 0 Å². The summed E-state index contributed by atoms with van der Waals surface area (Å²) in [6.45, 7) is 11.9.